The molecule has 4 N–H and O–H groups in total. The molecule has 13 nitrogen and oxygen atoms in total. The maximum Gasteiger partial charge on any atom is 0.433 e. The summed E-state index contributed by atoms with van der Waals surface area (Å²) in [6, 6.07) is 10.6. The minimum Gasteiger partial charge on any atom is -0.401 e. The highest BCUT2D eigenvalue weighted by Gasteiger charge is 2.11. The first kappa shape index (κ1) is 25.4. The molecule has 15 heteroatoms. The predicted octanol–water partition coefficient (Wildman–Crippen LogP) is 4.21. The van der Waals surface area contributed by atoms with Gasteiger partial charge in [0, 0.05) is 5.69 Å². The van der Waals surface area contributed by atoms with Crippen molar-refractivity contribution in [1.82, 2.24) is 5.43 Å². The molecule has 184 valence electrons. The number of hydrogen-bond donors (Lipinski definition) is 3. The minimum absolute atomic E-state index is 0.0276. The lowest BCUT2D eigenvalue weighted by atomic mass is 10.2. The lowest BCUT2D eigenvalue weighted by Gasteiger charge is -2.05. The van der Waals surface area contributed by atoms with Gasteiger partial charge in [-0.25, -0.2) is 9.82 Å². The Hall–Kier alpha value is -5.18. The predicted molar refractivity (Wildman–Crippen MR) is 134 cm³/mol. The molecule has 0 unspecified atom stereocenters. The fourth-order valence-corrected chi connectivity index (χ4v) is 2.68. The number of nitro groups is 2. The largest absolute Gasteiger partial charge is 0.433 e. The van der Waals surface area contributed by atoms with E-state index in [1.165, 1.54) is 72.8 Å². The minimum atomic E-state index is -0.683. The van der Waals surface area contributed by atoms with Crippen molar-refractivity contribution in [3.05, 3.63) is 98.2 Å². The van der Waals surface area contributed by atoms with Gasteiger partial charge in [0.25, 0.3) is 0 Å². The highest BCUT2D eigenvalue weighted by atomic mass is 32.1. The number of allylic oxidation sites excluding steroid dienone is 2. The van der Waals surface area contributed by atoms with Gasteiger partial charge in [-0.2, -0.15) is 10.1 Å². The third-order valence-corrected chi connectivity index (χ3v) is 4.23. The van der Waals surface area contributed by atoms with Gasteiger partial charge in [-0.1, -0.05) is 0 Å². The van der Waals surface area contributed by atoms with Crippen molar-refractivity contribution in [2.24, 2.45) is 15.8 Å². The van der Waals surface area contributed by atoms with Crippen LogP contribution in [0.2, 0.25) is 0 Å². The third-order valence-electron chi connectivity index (χ3n) is 4.04. The van der Waals surface area contributed by atoms with E-state index in [4.69, 9.17) is 26.8 Å². The van der Waals surface area contributed by atoms with Crippen molar-refractivity contribution in [1.29, 1.82) is 0 Å². The van der Waals surface area contributed by atoms with Crippen molar-refractivity contribution < 1.29 is 23.1 Å². The zero-order valence-electron chi connectivity index (χ0n) is 18.0. The number of rotatable bonds is 8. The van der Waals surface area contributed by atoms with Crippen LogP contribution in [0.15, 0.2) is 79.6 Å². The van der Waals surface area contributed by atoms with E-state index < -0.39 is 27.4 Å². The van der Waals surface area contributed by atoms with Crippen molar-refractivity contribution in [2.45, 2.75) is 0 Å². The van der Waals surface area contributed by atoms with Crippen LogP contribution in [0.3, 0.4) is 0 Å². The van der Waals surface area contributed by atoms with E-state index in [1.807, 2.05) is 0 Å². The van der Waals surface area contributed by atoms with Crippen LogP contribution in [0, 0.1) is 26.0 Å². The molecule has 0 aliphatic heterocycles. The second kappa shape index (κ2) is 11.8. The second-order valence-electron chi connectivity index (χ2n) is 6.62. The number of nitrogens with two attached hydrogens (primary N) is 1. The van der Waals surface area contributed by atoms with Crippen LogP contribution in [0.5, 0.6) is 0 Å². The number of furan rings is 2. The van der Waals surface area contributed by atoms with Crippen LogP contribution < -0.4 is 16.5 Å². The van der Waals surface area contributed by atoms with E-state index in [2.05, 4.69) is 20.8 Å². The molecule has 2 aromatic heterocycles. The van der Waals surface area contributed by atoms with Gasteiger partial charge in [0.2, 0.25) is 11.1 Å². The normalized spacial score (nSPS) is 11.5. The molecule has 0 fully saturated rings. The number of anilines is 1. The Morgan fingerprint density at radius 2 is 1.47 bits per heavy atom. The van der Waals surface area contributed by atoms with Gasteiger partial charge in [-0.3, -0.25) is 20.2 Å². The highest BCUT2D eigenvalue weighted by Crippen LogP contribution is 2.18. The summed E-state index contributed by atoms with van der Waals surface area (Å²) in [5.74, 6) is -1.15. The molecule has 2 heterocycles. The number of halogens is 1. The number of thiocarbonyl (C=S) groups is 1. The Bertz CT molecular complexity index is 1330. The van der Waals surface area contributed by atoms with Crippen molar-refractivity contribution in [3.8, 4) is 0 Å². The average Bonchev–Trinajstić information content (AvgIpc) is 3.50. The first-order chi connectivity index (χ1) is 17.2. The lowest BCUT2D eigenvalue weighted by Crippen LogP contribution is -2.30. The van der Waals surface area contributed by atoms with Crippen molar-refractivity contribution in [3.63, 3.8) is 0 Å². The van der Waals surface area contributed by atoms with Crippen LogP contribution >= 0.6 is 12.2 Å². The number of nitrogens with one attached hydrogen (secondary N) is 2. The number of hydrazone groups is 1. The van der Waals surface area contributed by atoms with Gasteiger partial charge >= 0.3 is 11.8 Å². The molecule has 0 saturated heterocycles. The zero-order chi connectivity index (χ0) is 26.1. The molecule has 1 aromatic carbocycles. The van der Waals surface area contributed by atoms with Crippen LogP contribution in [0.1, 0.15) is 11.5 Å². The number of aliphatic imine (C=N–C) groups is 1. The SMILES string of the molecule is N/C(=N/C(=S)Nc1ccc(F)cc1)NN=C(/C=C/c1ccc([N+](=O)[O-])o1)/C=C/c1ccc([N+](=O)[O-])o1. The van der Waals surface area contributed by atoms with E-state index in [1.54, 1.807) is 0 Å². The Balaban J connectivity index is 1.75. The summed E-state index contributed by atoms with van der Waals surface area (Å²) < 4.78 is 23.1. The second-order valence-corrected chi connectivity index (χ2v) is 7.00. The highest BCUT2D eigenvalue weighted by molar-refractivity contribution is 7.80. The molecule has 0 bridgehead atoms. The molecule has 3 aromatic rings. The number of nitrogens with zero attached hydrogens (tertiary/aromatic N) is 4. The zero-order valence-corrected chi connectivity index (χ0v) is 18.8. The Kier molecular flexibility index (Phi) is 8.34. The molecule has 0 amide bonds. The van der Waals surface area contributed by atoms with Crippen LogP contribution in [0.25, 0.3) is 12.2 Å². The van der Waals surface area contributed by atoms with E-state index in [-0.39, 0.29) is 28.3 Å². The smallest absolute Gasteiger partial charge is 0.401 e. The first-order valence-electron chi connectivity index (χ1n) is 9.78. The summed E-state index contributed by atoms with van der Waals surface area (Å²) >= 11 is 5.08. The number of guanidine groups is 1. The maximum absolute atomic E-state index is 13.0. The molecule has 0 aliphatic rings. The maximum atomic E-state index is 13.0. The molecule has 0 saturated carbocycles. The third kappa shape index (κ3) is 7.70. The van der Waals surface area contributed by atoms with Gasteiger partial charge in [-0.05, 0) is 72.9 Å². The molecule has 0 spiro atoms. The van der Waals surface area contributed by atoms with Crippen molar-refractivity contribution >= 4 is 58.6 Å². The van der Waals surface area contributed by atoms with E-state index >= 15 is 0 Å². The molecule has 0 radical (unpaired) electrons. The summed E-state index contributed by atoms with van der Waals surface area (Å²) in [5.41, 5.74) is 8.97. The summed E-state index contributed by atoms with van der Waals surface area (Å²) in [6.45, 7) is 0. The fraction of sp³-hybridized carbons (Fsp3) is 0. The topological polar surface area (TPSA) is 187 Å². The van der Waals surface area contributed by atoms with Gasteiger partial charge in [0.15, 0.2) is 0 Å². The van der Waals surface area contributed by atoms with Crippen molar-refractivity contribution in [2.75, 3.05) is 5.32 Å². The molecule has 0 atom stereocenters. The molecule has 3 rings (SSSR count). The van der Waals surface area contributed by atoms with Crippen LogP contribution in [-0.4, -0.2) is 26.6 Å². The molecular weight excluding hydrogens is 497 g/mol. The fourth-order valence-electron chi connectivity index (χ4n) is 2.47. The average molecular weight is 513 g/mol. The van der Waals surface area contributed by atoms with Gasteiger partial charge in [-0.15, -0.1) is 0 Å². The molecule has 36 heavy (non-hydrogen) atoms. The monoisotopic (exact) mass is 513 g/mol. The number of benzene rings is 1. The number of hydrogen-bond acceptors (Lipinski definition) is 8. The van der Waals surface area contributed by atoms with Gasteiger partial charge in [0.1, 0.15) is 27.2 Å². The van der Waals surface area contributed by atoms with E-state index in [9.17, 15) is 24.6 Å². The van der Waals surface area contributed by atoms with Crippen LogP contribution in [-0.2, 0) is 0 Å². The Labute approximate surface area is 206 Å². The Morgan fingerprint density at radius 3 is 1.94 bits per heavy atom. The first-order valence-corrected chi connectivity index (χ1v) is 10.2. The summed E-state index contributed by atoms with van der Waals surface area (Å²) in [5, 5.41) is 28.3. The molecule has 0 aliphatic carbocycles. The Morgan fingerprint density at radius 1 is 0.944 bits per heavy atom. The summed E-state index contributed by atoms with van der Waals surface area (Å²) in [4.78, 5) is 24.1. The standard InChI is InChI=1S/C21H16FN7O6S/c22-13-1-3-14(4-2-13)24-21(36)25-20(23)27-26-15(5-7-16-9-11-18(34-16)28(30)31)6-8-17-10-12-19(35-17)29(32)33/h1-12H,(H4,23,24,25,27,36)/b7-5+,8-6+. The van der Waals surface area contributed by atoms with E-state index in [0.717, 1.165) is 0 Å². The quantitative estimate of drug-likeness (QED) is 0.129. The summed E-state index contributed by atoms with van der Waals surface area (Å²) in [7, 11) is 0. The van der Waals surface area contributed by atoms with Gasteiger partial charge < -0.3 is 19.9 Å². The van der Waals surface area contributed by atoms with E-state index in [0.29, 0.717) is 5.69 Å². The summed E-state index contributed by atoms with van der Waals surface area (Å²) in [6.07, 6.45) is 5.64. The molecular formula is C21H16FN7O6S. The van der Waals surface area contributed by atoms with Gasteiger partial charge in [0.05, 0.1) is 17.8 Å². The lowest BCUT2D eigenvalue weighted by molar-refractivity contribution is -0.402. The van der Waals surface area contributed by atoms with Crippen LogP contribution in [0.4, 0.5) is 21.8 Å².